The molecule has 4 rings (SSSR count). The lowest BCUT2D eigenvalue weighted by molar-refractivity contribution is -0.0636. The summed E-state index contributed by atoms with van der Waals surface area (Å²) >= 11 is 0. The second-order valence-electron chi connectivity index (χ2n) is 6.58. The fourth-order valence-electron chi connectivity index (χ4n) is 3.32. The van der Waals surface area contributed by atoms with E-state index in [-0.39, 0.29) is 18.3 Å². The molecule has 2 aromatic heterocycles. The number of nitrogens with one attached hydrogen (secondary N) is 1. The highest BCUT2D eigenvalue weighted by atomic mass is 16.6. The van der Waals surface area contributed by atoms with Crippen LogP contribution in [0, 0.1) is 12.3 Å². The van der Waals surface area contributed by atoms with Crippen LogP contribution >= 0.6 is 0 Å². The number of ether oxygens (including phenoxy) is 2. The molecule has 1 aromatic carbocycles. The predicted molar refractivity (Wildman–Crippen MR) is 105 cm³/mol. The topological polar surface area (TPSA) is 132 Å². The number of hydrogen-bond donors (Lipinski definition) is 3. The summed E-state index contributed by atoms with van der Waals surface area (Å²) in [6.07, 6.45) is 4.38. The summed E-state index contributed by atoms with van der Waals surface area (Å²) in [5.74, 6) is 2.24. The Labute approximate surface area is 171 Å². The van der Waals surface area contributed by atoms with Gasteiger partial charge in [0.15, 0.2) is 23.2 Å². The number of rotatable bonds is 6. The molecule has 154 valence electrons. The average molecular weight is 409 g/mol. The third kappa shape index (κ3) is 3.62. The van der Waals surface area contributed by atoms with Gasteiger partial charge in [0, 0.05) is 5.56 Å². The number of aliphatic hydroxyl groups excluding tert-OH is 2. The lowest BCUT2D eigenvalue weighted by Crippen LogP contribution is -2.35. The maximum absolute atomic E-state index is 12.5. The van der Waals surface area contributed by atoms with Crippen LogP contribution in [0.3, 0.4) is 0 Å². The monoisotopic (exact) mass is 409 g/mol. The molecular weight excluding hydrogens is 390 g/mol. The molecule has 0 saturated carbocycles. The van der Waals surface area contributed by atoms with Gasteiger partial charge in [-0.05, 0) is 12.1 Å². The number of hydrogen-bond acceptors (Lipinski definition) is 8. The van der Waals surface area contributed by atoms with E-state index in [1.165, 1.54) is 12.7 Å². The van der Waals surface area contributed by atoms with E-state index in [9.17, 15) is 15.0 Å². The van der Waals surface area contributed by atoms with Crippen molar-refractivity contribution >= 4 is 22.9 Å². The van der Waals surface area contributed by atoms with Gasteiger partial charge in [0.25, 0.3) is 5.91 Å². The fourth-order valence-corrected chi connectivity index (χ4v) is 3.32. The van der Waals surface area contributed by atoms with Gasteiger partial charge in [-0.15, -0.1) is 6.42 Å². The van der Waals surface area contributed by atoms with Crippen LogP contribution in [0.2, 0.25) is 0 Å². The zero-order chi connectivity index (χ0) is 21.1. The van der Waals surface area contributed by atoms with E-state index in [1.54, 1.807) is 28.8 Å². The Morgan fingerprint density at radius 1 is 1.30 bits per heavy atom. The molecule has 0 spiro atoms. The highest BCUT2D eigenvalue weighted by Crippen LogP contribution is 2.34. The van der Waals surface area contributed by atoms with E-state index >= 15 is 0 Å². The molecule has 3 heterocycles. The Kier molecular flexibility index (Phi) is 5.69. The maximum Gasteiger partial charge on any atom is 0.256 e. The predicted octanol–water partition coefficient (Wildman–Crippen LogP) is 0.348. The van der Waals surface area contributed by atoms with Crippen LogP contribution in [0.25, 0.3) is 11.2 Å². The van der Waals surface area contributed by atoms with Gasteiger partial charge in [-0.1, -0.05) is 24.1 Å². The van der Waals surface area contributed by atoms with Crippen LogP contribution in [0.15, 0.2) is 43.0 Å². The first-order valence-corrected chi connectivity index (χ1v) is 9.17. The molecule has 3 N–H and O–H groups in total. The second kappa shape index (κ2) is 8.56. The summed E-state index contributed by atoms with van der Waals surface area (Å²) in [4.78, 5) is 25.1. The van der Waals surface area contributed by atoms with Crippen molar-refractivity contribution in [2.45, 2.75) is 24.5 Å². The van der Waals surface area contributed by atoms with Crippen molar-refractivity contribution in [1.82, 2.24) is 19.5 Å². The molecule has 1 saturated heterocycles. The Morgan fingerprint density at radius 2 is 2.10 bits per heavy atom. The molecule has 1 amide bonds. The standard InChI is InChI=1S/C20H19N5O5/c1-2-8-29-16-15(27)13(9-26)30-20(16)25-11-23-14-17(21-10-22-18(14)25)24-19(28)12-6-4-3-5-7-12/h1,3-7,10-11,13,15-16,20,26-27H,8-9H2,(H,21,22,24,28)/t13-,15?,16+,20-/m1/s1. The van der Waals surface area contributed by atoms with Gasteiger partial charge in [-0.3, -0.25) is 9.36 Å². The zero-order valence-electron chi connectivity index (χ0n) is 15.8. The molecule has 0 bridgehead atoms. The van der Waals surface area contributed by atoms with Crippen LogP contribution in [0.1, 0.15) is 16.6 Å². The Morgan fingerprint density at radius 3 is 2.83 bits per heavy atom. The highest BCUT2D eigenvalue weighted by molar-refractivity contribution is 6.06. The third-order valence-electron chi connectivity index (χ3n) is 4.75. The Hall–Kier alpha value is -3.36. The van der Waals surface area contributed by atoms with E-state index in [4.69, 9.17) is 15.9 Å². The largest absolute Gasteiger partial charge is 0.394 e. The highest BCUT2D eigenvalue weighted by Gasteiger charge is 2.45. The van der Waals surface area contributed by atoms with E-state index in [0.29, 0.717) is 16.7 Å². The number of nitrogens with zero attached hydrogens (tertiary/aromatic N) is 4. The molecule has 30 heavy (non-hydrogen) atoms. The van der Waals surface area contributed by atoms with Gasteiger partial charge in [-0.25, -0.2) is 15.0 Å². The first kappa shape index (κ1) is 19.9. The minimum Gasteiger partial charge on any atom is -0.394 e. The number of amides is 1. The number of carbonyl (C=O) groups is 1. The van der Waals surface area contributed by atoms with Crippen LogP contribution in [0.5, 0.6) is 0 Å². The van der Waals surface area contributed by atoms with Gasteiger partial charge >= 0.3 is 0 Å². The van der Waals surface area contributed by atoms with Gasteiger partial charge < -0.3 is 25.0 Å². The van der Waals surface area contributed by atoms with Gasteiger partial charge in [0.2, 0.25) is 0 Å². The molecule has 0 radical (unpaired) electrons. The third-order valence-corrected chi connectivity index (χ3v) is 4.75. The lowest BCUT2D eigenvalue weighted by Gasteiger charge is -2.21. The van der Waals surface area contributed by atoms with Crippen molar-refractivity contribution in [2.75, 3.05) is 18.5 Å². The summed E-state index contributed by atoms with van der Waals surface area (Å²) in [6, 6.07) is 8.70. The molecule has 1 fully saturated rings. The SMILES string of the molecule is C#CCO[C@H]1C(O)[C@@H](CO)O[C@H]1n1cnc2c(NC(=O)c3ccccc3)ncnc21. The Bertz CT molecular complexity index is 1080. The second-order valence-corrected chi connectivity index (χ2v) is 6.58. The molecule has 3 aromatic rings. The molecule has 0 aliphatic carbocycles. The summed E-state index contributed by atoms with van der Waals surface area (Å²) in [5.41, 5.74) is 1.17. The number of aliphatic hydroxyl groups is 2. The first-order chi connectivity index (χ1) is 14.6. The number of carbonyl (C=O) groups excluding carboxylic acids is 1. The van der Waals surface area contributed by atoms with Crippen LogP contribution in [-0.4, -0.2) is 67.2 Å². The Balaban J connectivity index is 1.66. The molecule has 1 aliphatic rings. The van der Waals surface area contributed by atoms with Crippen molar-refractivity contribution in [3.05, 3.63) is 48.5 Å². The van der Waals surface area contributed by atoms with Crippen molar-refractivity contribution in [3.63, 3.8) is 0 Å². The van der Waals surface area contributed by atoms with Gasteiger partial charge in [0.1, 0.15) is 31.2 Å². The minimum absolute atomic E-state index is 0.0419. The van der Waals surface area contributed by atoms with Crippen molar-refractivity contribution in [3.8, 4) is 12.3 Å². The van der Waals surface area contributed by atoms with Crippen molar-refractivity contribution < 1.29 is 24.5 Å². The van der Waals surface area contributed by atoms with Crippen LogP contribution in [0.4, 0.5) is 5.82 Å². The number of terminal acetylenes is 1. The van der Waals surface area contributed by atoms with Crippen LogP contribution in [-0.2, 0) is 9.47 Å². The molecule has 10 heteroatoms. The molecule has 1 unspecified atom stereocenters. The van der Waals surface area contributed by atoms with E-state index in [2.05, 4.69) is 26.2 Å². The maximum atomic E-state index is 12.5. The van der Waals surface area contributed by atoms with Gasteiger partial charge in [-0.2, -0.15) is 0 Å². The van der Waals surface area contributed by atoms with Crippen molar-refractivity contribution in [2.24, 2.45) is 0 Å². The normalized spacial score (nSPS) is 23.4. The number of aromatic nitrogens is 4. The lowest BCUT2D eigenvalue weighted by atomic mass is 10.1. The zero-order valence-corrected chi connectivity index (χ0v) is 15.8. The number of anilines is 1. The van der Waals surface area contributed by atoms with E-state index < -0.39 is 31.1 Å². The fraction of sp³-hybridized carbons (Fsp3) is 0.300. The summed E-state index contributed by atoms with van der Waals surface area (Å²) in [5, 5.41) is 22.6. The van der Waals surface area contributed by atoms with E-state index in [0.717, 1.165) is 0 Å². The smallest absolute Gasteiger partial charge is 0.256 e. The average Bonchev–Trinajstić information content (AvgIpc) is 3.34. The minimum atomic E-state index is -1.09. The molecule has 4 atom stereocenters. The van der Waals surface area contributed by atoms with Crippen LogP contribution < -0.4 is 5.32 Å². The number of imidazole rings is 1. The number of fused-ring (bicyclic) bond motifs is 1. The quantitative estimate of drug-likeness (QED) is 0.497. The summed E-state index contributed by atoms with van der Waals surface area (Å²) in [7, 11) is 0. The van der Waals surface area contributed by atoms with Gasteiger partial charge in [0.05, 0.1) is 12.9 Å². The molecule has 10 nitrogen and oxygen atoms in total. The van der Waals surface area contributed by atoms with E-state index in [1.807, 2.05) is 6.07 Å². The molecule has 1 aliphatic heterocycles. The van der Waals surface area contributed by atoms with Crippen molar-refractivity contribution in [1.29, 1.82) is 0 Å². The summed E-state index contributed by atoms with van der Waals surface area (Å²) < 4.78 is 12.9. The molecular formula is C20H19N5O5. The first-order valence-electron chi connectivity index (χ1n) is 9.17. The number of benzene rings is 1. The summed E-state index contributed by atoms with van der Waals surface area (Å²) in [6.45, 7) is -0.437.